The van der Waals surface area contributed by atoms with Gasteiger partial charge in [-0.1, -0.05) is 6.92 Å². The summed E-state index contributed by atoms with van der Waals surface area (Å²) >= 11 is 7.16. The lowest BCUT2D eigenvalue weighted by molar-refractivity contribution is -0.120. The Morgan fingerprint density at radius 2 is 2.37 bits per heavy atom. The van der Waals surface area contributed by atoms with Crippen molar-refractivity contribution in [3.8, 4) is 0 Å². The van der Waals surface area contributed by atoms with E-state index < -0.39 is 0 Å². The van der Waals surface area contributed by atoms with Crippen LogP contribution in [0, 0.1) is 0 Å². The molecule has 0 aliphatic heterocycles. The SMILES string of the molecule is CCC(C)N(C)CCNC(=O)Cc1nc(CCl)cs1. The Balaban J connectivity index is 2.24. The van der Waals surface area contributed by atoms with Crippen LogP contribution in [-0.4, -0.2) is 42.0 Å². The second-order valence-electron chi connectivity index (χ2n) is 4.63. The zero-order valence-corrected chi connectivity index (χ0v) is 13.4. The number of amides is 1. The molecule has 0 aromatic carbocycles. The molecule has 0 fully saturated rings. The minimum absolute atomic E-state index is 0.0213. The Hall–Kier alpha value is -0.650. The Labute approximate surface area is 124 Å². The van der Waals surface area contributed by atoms with Crippen LogP contribution in [0.3, 0.4) is 0 Å². The van der Waals surface area contributed by atoms with Gasteiger partial charge in [-0.15, -0.1) is 22.9 Å². The van der Waals surface area contributed by atoms with Gasteiger partial charge in [0.2, 0.25) is 5.91 Å². The summed E-state index contributed by atoms with van der Waals surface area (Å²) in [4.78, 5) is 18.2. The first-order chi connectivity index (χ1) is 9.06. The van der Waals surface area contributed by atoms with Crippen molar-refractivity contribution in [2.24, 2.45) is 0 Å². The molecule has 108 valence electrons. The van der Waals surface area contributed by atoms with Gasteiger partial charge in [-0.3, -0.25) is 4.79 Å². The summed E-state index contributed by atoms with van der Waals surface area (Å²) in [5, 5.41) is 5.64. The Kier molecular flexibility index (Phi) is 7.34. The van der Waals surface area contributed by atoms with Gasteiger partial charge in [0.1, 0.15) is 5.01 Å². The fourth-order valence-electron chi connectivity index (χ4n) is 1.60. The van der Waals surface area contributed by atoms with Gasteiger partial charge in [0.05, 0.1) is 18.0 Å². The van der Waals surface area contributed by atoms with Crippen LogP contribution in [0.5, 0.6) is 0 Å². The molecule has 6 heteroatoms. The molecule has 0 bridgehead atoms. The number of rotatable bonds is 8. The van der Waals surface area contributed by atoms with E-state index in [0.29, 0.717) is 24.9 Å². The second-order valence-corrected chi connectivity index (χ2v) is 5.84. The van der Waals surface area contributed by atoms with Gasteiger partial charge in [-0.2, -0.15) is 0 Å². The normalized spacial score (nSPS) is 12.7. The third-order valence-electron chi connectivity index (χ3n) is 3.18. The minimum Gasteiger partial charge on any atom is -0.354 e. The standard InChI is InChI=1S/C13H22ClN3OS/c1-4-10(2)17(3)6-5-15-12(18)7-13-16-11(8-14)9-19-13/h9-10H,4-8H2,1-3H3,(H,15,18). The number of hydrogen-bond acceptors (Lipinski definition) is 4. The maximum absolute atomic E-state index is 11.7. The summed E-state index contributed by atoms with van der Waals surface area (Å²) in [7, 11) is 2.08. The minimum atomic E-state index is 0.0213. The van der Waals surface area contributed by atoms with Crippen LogP contribution in [0.4, 0.5) is 0 Å². The molecule has 0 aliphatic carbocycles. The lowest BCUT2D eigenvalue weighted by Crippen LogP contribution is -2.37. The smallest absolute Gasteiger partial charge is 0.226 e. The Morgan fingerprint density at radius 3 is 2.95 bits per heavy atom. The lowest BCUT2D eigenvalue weighted by atomic mass is 10.2. The molecule has 1 aromatic heterocycles. The predicted octanol–water partition coefficient (Wildman–Crippen LogP) is 2.27. The predicted molar refractivity (Wildman–Crippen MR) is 80.8 cm³/mol. The third-order valence-corrected chi connectivity index (χ3v) is 4.35. The summed E-state index contributed by atoms with van der Waals surface area (Å²) in [6.45, 7) is 5.89. The highest BCUT2D eigenvalue weighted by Gasteiger charge is 2.09. The number of nitrogens with one attached hydrogen (secondary N) is 1. The molecule has 1 rings (SSSR count). The summed E-state index contributed by atoms with van der Waals surface area (Å²) in [5.41, 5.74) is 0.839. The fourth-order valence-corrected chi connectivity index (χ4v) is 2.62. The monoisotopic (exact) mass is 303 g/mol. The molecule has 0 saturated carbocycles. The third kappa shape index (κ3) is 5.89. The van der Waals surface area contributed by atoms with Crippen molar-refractivity contribution >= 4 is 28.8 Å². The van der Waals surface area contributed by atoms with Crippen LogP contribution in [-0.2, 0) is 17.1 Å². The summed E-state index contributed by atoms with van der Waals surface area (Å²) in [6, 6.07) is 0.544. The number of carbonyl (C=O) groups excluding carboxylic acids is 1. The molecule has 1 aromatic rings. The highest BCUT2D eigenvalue weighted by atomic mass is 35.5. The van der Waals surface area contributed by atoms with Crippen LogP contribution < -0.4 is 5.32 Å². The molecule has 0 aliphatic rings. The summed E-state index contributed by atoms with van der Waals surface area (Å²) in [5.74, 6) is 0.422. The van der Waals surface area contributed by atoms with E-state index in [0.717, 1.165) is 23.7 Å². The van der Waals surface area contributed by atoms with Gasteiger partial charge in [-0.05, 0) is 20.4 Å². The van der Waals surface area contributed by atoms with E-state index in [2.05, 4.69) is 36.1 Å². The van der Waals surface area contributed by atoms with Crippen LogP contribution in [0.15, 0.2) is 5.38 Å². The number of halogens is 1. The van der Waals surface area contributed by atoms with Gasteiger partial charge < -0.3 is 10.2 Å². The van der Waals surface area contributed by atoms with Crippen molar-refractivity contribution in [2.45, 2.75) is 38.6 Å². The Morgan fingerprint density at radius 1 is 1.63 bits per heavy atom. The first-order valence-electron chi connectivity index (χ1n) is 6.53. The van der Waals surface area contributed by atoms with E-state index in [1.165, 1.54) is 11.3 Å². The molecular formula is C13H22ClN3OS. The van der Waals surface area contributed by atoms with Crippen molar-refractivity contribution < 1.29 is 4.79 Å². The zero-order chi connectivity index (χ0) is 14.3. The van der Waals surface area contributed by atoms with Gasteiger partial charge in [0, 0.05) is 24.5 Å². The molecule has 19 heavy (non-hydrogen) atoms. The van der Waals surface area contributed by atoms with Gasteiger partial charge in [0.15, 0.2) is 0 Å². The maximum Gasteiger partial charge on any atom is 0.226 e. The van der Waals surface area contributed by atoms with Gasteiger partial charge in [-0.25, -0.2) is 4.98 Å². The van der Waals surface area contributed by atoms with E-state index in [4.69, 9.17) is 11.6 Å². The number of aromatic nitrogens is 1. The Bertz CT molecular complexity index is 397. The molecule has 1 atom stereocenters. The second kappa shape index (κ2) is 8.51. The number of carbonyl (C=O) groups is 1. The van der Waals surface area contributed by atoms with E-state index in [9.17, 15) is 4.79 Å². The first-order valence-corrected chi connectivity index (χ1v) is 7.94. The zero-order valence-electron chi connectivity index (χ0n) is 11.8. The maximum atomic E-state index is 11.7. The molecule has 1 heterocycles. The van der Waals surface area contributed by atoms with Crippen molar-refractivity contribution in [1.82, 2.24) is 15.2 Å². The number of hydrogen-bond donors (Lipinski definition) is 1. The summed E-state index contributed by atoms with van der Waals surface area (Å²) in [6.07, 6.45) is 1.46. The number of likely N-dealkylation sites (N-methyl/N-ethyl adjacent to an activating group) is 1. The molecule has 1 amide bonds. The van der Waals surface area contributed by atoms with Crippen LogP contribution in [0.1, 0.15) is 31.0 Å². The van der Waals surface area contributed by atoms with Crippen LogP contribution in [0.25, 0.3) is 0 Å². The number of nitrogens with zero attached hydrogens (tertiary/aromatic N) is 2. The molecular weight excluding hydrogens is 282 g/mol. The lowest BCUT2D eigenvalue weighted by Gasteiger charge is -2.23. The first kappa shape index (κ1) is 16.4. The van der Waals surface area contributed by atoms with Crippen molar-refractivity contribution in [3.05, 3.63) is 16.1 Å². The molecule has 4 nitrogen and oxygen atoms in total. The van der Waals surface area contributed by atoms with Crippen molar-refractivity contribution in [1.29, 1.82) is 0 Å². The largest absolute Gasteiger partial charge is 0.354 e. The molecule has 0 radical (unpaired) electrons. The van der Waals surface area contributed by atoms with Crippen LogP contribution in [0.2, 0.25) is 0 Å². The number of alkyl halides is 1. The average Bonchev–Trinajstić information content (AvgIpc) is 2.85. The molecule has 0 saturated heterocycles. The molecule has 1 unspecified atom stereocenters. The van der Waals surface area contributed by atoms with E-state index in [1.807, 2.05) is 5.38 Å². The average molecular weight is 304 g/mol. The van der Waals surface area contributed by atoms with Crippen molar-refractivity contribution in [3.63, 3.8) is 0 Å². The fraction of sp³-hybridized carbons (Fsp3) is 0.692. The topological polar surface area (TPSA) is 45.2 Å². The van der Waals surface area contributed by atoms with Crippen LogP contribution >= 0.6 is 22.9 Å². The highest BCUT2D eigenvalue weighted by molar-refractivity contribution is 7.09. The van der Waals surface area contributed by atoms with Gasteiger partial charge >= 0.3 is 0 Å². The van der Waals surface area contributed by atoms with Crippen molar-refractivity contribution in [2.75, 3.05) is 20.1 Å². The number of thiazole rings is 1. The summed E-state index contributed by atoms with van der Waals surface area (Å²) < 4.78 is 0. The quantitative estimate of drug-likeness (QED) is 0.749. The molecule has 0 spiro atoms. The highest BCUT2D eigenvalue weighted by Crippen LogP contribution is 2.11. The van der Waals surface area contributed by atoms with Gasteiger partial charge in [0.25, 0.3) is 0 Å². The van der Waals surface area contributed by atoms with E-state index in [-0.39, 0.29) is 5.91 Å². The molecule has 1 N–H and O–H groups in total. The van der Waals surface area contributed by atoms with E-state index >= 15 is 0 Å². The van der Waals surface area contributed by atoms with E-state index in [1.54, 1.807) is 0 Å².